The molecular formula is C27H20N2O6S. The Kier molecular flexibility index (Phi) is 5.57. The molecule has 180 valence electrons. The Morgan fingerprint density at radius 3 is 2.22 bits per heavy atom. The molecule has 1 heterocycles. The van der Waals surface area contributed by atoms with Gasteiger partial charge in [-0.25, -0.2) is 17.2 Å². The second-order valence-corrected chi connectivity index (χ2v) is 9.97. The fraction of sp³-hybridized carbons (Fsp3) is 0.0741. The van der Waals surface area contributed by atoms with E-state index in [0.717, 1.165) is 0 Å². The molecule has 0 saturated carbocycles. The van der Waals surface area contributed by atoms with Crippen molar-refractivity contribution in [1.82, 2.24) is 3.97 Å². The molecule has 8 nitrogen and oxygen atoms in total. The number of carbonyl (C=O) groups excluding carboxylic acids is 1. The van der Waals surface area contributed by atoms with Crippen LogP contribution < -0.4 is 0 Å². The Morgan fingerprint density at radius 2 is 1.53 bits per heavy atom. The van der Waals surface area contributed by atoms with Crippen LogP contribution in [-0.4, -0.2) is 30.4 Å². The van der Waals surface area contributed by atoms with E-state index < -0.39 is 20.9 Å². The number of hydrogen-bond donors (Lipinski definition) is 0. The predicted molar refractivity (Wildman–Crippen MR) is 137 cm³/mol. The fourth-order valence-electron chi connectivity index (χ4n) is 4.69. The standard InChI is InChI=1S/C27H20N2O6S/c1-17-25-20-13-7-8-14-22(20)28(36(33,34)18-10-4-3-5-11-18)24(25)16-21(26(17)27(30)35-2)19-12-6-9-15-23(19)29(31)32/h3-16H,1-2H3. The van der Waals surface area contributed by atoms with E-state index in [9.17, 15) is 23.3 Å². The Hall–Kier alpha value is -4.50. The van der Waals surface area contributed by atoms with E-state index in [1.807, 2.05) is 0 Å². The summed E-state index contributed by atoms with van der Waals surface area (Å²) in [7, 11) is -2.83. The van der Waals surface area contributed by atoms with Crippen molar-refractivity contribution in [2.45, 2.75) is 11.8 Å². The highest BCUT2D eigenvalue weighted by Gasteiger charge is 2.29. The van der Waals surface area contributed by atoms with E-state index >= 15 is 0 Å². The van der Waals surface area contributed by atoms with Crippen LogP contribution in [0.2, 0.25) is 0 Å². The average Bonchev–Trinajstić information content (AvgIpc) is 3.24. The van der Waals surface area contributed by atoms with Crippen LogP contribution in [0.4, 0.5) is 5.69 Å². The zero-order chi connectivity index (χ0) is 25.6. The van der Waals surface area contributed by atoms with Gasteiger partial charge >= 0.3 is 5.97 Å². The van der Waals surface area contributed by atoms with Gasteiger partial charge in [0.25, 0.3) is 15.7 Å². The molecule has 4 aromatic carbocycles. The first-order valence-corrected chi connectivity index (χ1v) is 12.4. The highest BCUT2D eigenvalue weighted by molar-refractivity contribution is 7.90. The number of methoxy groups -OCH3 is 1. The third-order valence-corrected chi connectivity index (χ3v) is 7.97. The van der Waals surface area contributed by atoms with Crippen molar-refractivity contribution < 1.29 is 22.9 Å². The highest BCUT2D eigenvalue weighted by atomic mass is 32.2. The molecular weight excluding hydrogens is 480 g/mol. The molecule has 0 unspecified atom stereocenters. The summed E-state index contributed by atoms with van der Waals surface area (Å²) in [6.45, 7) is 1.69. The molecule has 0 N–H and O–H groups in total. The summed E-state index contributed by atoms with van der Waals surface area (Å²) in [4.78, 5) is 24.4. The van der Waals surface area contributed by atoms with Crippen molar-refractivity contribution >= 4 is 43.5 Å². The van der Waals surface area contributed by atoms with Gasteiger partial charge < -0.3 is 4.74 Å². The van der Waals surface area contributed by atoms with Gasteiger partial charge in [0.2, 0.25) is 0 Å². The van der Waals surface area contributed by atoms with Crippen molar-refractivity contribution in [3.05, 3.63) is 106 Å². The van der Waals surface area contributed by atoms with Gasteiger partial charge in [0.1, 0.15) is 0 Å². The van der Waals surface area contributed by atoms with Crippen LogP contribution in [0.1, 0.15) is 15.9 Å². The molecule has 0 aliphatic heterocycles. The van der Waals surface area contributed by atoms with Crippen LogP contribution in [-0.2, 0) is 14.8 Å². The molecule has 0 amide bonds. The number of hydrogen-bond acceptors (Lipinski definition) is 6. The first kappa shape index (κ1) is 23.3. The van der Waals surface area contributed by atoms with Crippen LogP contribution in [0.15, 0.2) is 89.8 Å². The summed E-state index contributed by atoms with van der Waals surface area (Å²) >= 11 is 0. The van der Waals surface area contributed by atoms with Crippen LogP contribution in [0, 0.1) is 17.0 Å². The van der Waals surface area contributed by atoms with Gasteiger partial charge in [-0.2, -0.15) is 0 Å². The lowest BCUT2D eigenvalue weighted by atomic mass is 9.91. The molecule has 0 bridgehead atoms. The number of fused-ring (bicyclic) bond motifs is 3. The number of esters is 1. The normalized spacial score (nSPS) is 11.6. The van der Waals surface area contributed by atoms with Crippen LogP contribution in [0.3, 0.4) is 0 Å². The number of ether oxygens (including phenoxy) is 1. The molecule has 0 aliphatic rings. The van der Waals surface area contributed by atoms with Gasteiger partial charge in [-0.15, -0.1) is 0 Å². The number of para-hydroxylation sites is 2. The minimum atomic E-state index is -4.06. The van der Waals surface area contributed by atoms with Crippen molar-refractivity contribution in [3.63, 3.8) is 0 Å². The smallest absolute Gasteiger partial charge is 0.338 e. The molecule has 0 fully saturated rings. The van der Waals surface area contributed by atoms with E-state index in [4.69, 9.17) is 4.74 Å². The van der Waals surface area contributed by atoms with Gasteiger partial charge in [-0.3, -0.25) is 10.1 Å². The number of aromatic nitrogens is 1. The summed E-state index contributed by atoms with van der Waals surface area (Å²) in [5, 5.41) is 13.0. The highest BCUT2D eigenvalue weighted by Crippen LogP contribution is 2.42. The van der Waals surface area contributed by atoms with Crippen molar-refractivity contribution in [3.8, 4) is 11.1 Å². The number of nitro benzene ring substituents is 1. The van der Waals surface area contributed by atoms with Crippen molar-refractivity contribution in [2.24, 2.45) is 0 Å². The maximum atomic E-state index is 13.9. The number of aryl methyl sites for hydroxylation is 1. The first-order chi connectivity index (χ1) is 17.3. The lowest BCUT2D eigenvalue weighted by Gasteiger charge is -2.15. The quantitative estimate of drug-likeness (QED) is 0.174. The average molecular weight is 501 g/mol. The number of benzene rings is 4. The lowest BCUT2D eigenvalue weighted by molar-refractivity contribution is -0.384. The van der Waals surface area contributed by atoms with Gasteiger partial charge in [0, 0.05) is 22.4 Å². The number of nitro groups is 1. The van der Waals surface area contributed by atoms with Gasteiger partial charge in [-0.1, -0.05) is 48.5 Å². The van der Waals surface area contributed by atoms with Crippen molar-refractivity contribution in [1.29, 1.82) is 0 Å². The second-order valence-electron chi connectivity index (χ2n) is 8.18. The SMILES string of the molecule is COC(=O)c1c(-c2ccccc2[N+](=O)[O-])cc2c(c1C)c1ccccc1n2S(=O)(=O)c1ccccc1. The second kappa shape index (κ2) is 8.62. The third-order valence-electron chi connectivity index (χ3n) is 6.23. The first-order valence-electron chi connectivity index (χ1n) is 11.0. The number of nitrogens with zero attached hydrogens (tertiary/aromatic N) is 2. The Balaban J connectivity index is 2.01. The molecule has 0 radical (unpaired) electrons. The Bertz CT molecular complexity index is 1790. The number of carbonyl (C=O) groups is 1. The van der Waals surface area contributed by atoms with Crippen LogP contribution >= 0.6 is 0 Å². The van der Waals surface area contributed by atoms with Gasteiger partial charge in [-0.05, 0) is 42.8 Å². The monoisotopic (exact) mass is 500 g/mol. The Morgan fingerprint density at radius 1 is 0.889 bits per heavy atom. The summed E-state index contributed by atoms with van der Waals surface area (Å²) < 4.78 is 34.1. The molecule has 9 heteroatoms. The van der Waals surface area contributed by atoms with E-state index in [-0.39, 0.29) is 27.3 Å². The molecule has 5 rings (SSSR count). The van der Waals surface area contributed by atoms with E-state index in [1.165, 1.54) is 47.5 Å². The molecule has 0 saturated heterocycles. The largest absolute Gasteiger partial charge is 0.465 e. The molecule has 0 spiro atoms. The topological polar surface area (TPSA) is 109 Å². The van der Waals surface area contributed by atoms with E-state index in [1.54, 1.807) is 55.5 Å². The van der Waals surface area contributed by atoms with Crippen LogP contribution in [0.25, 0.3) is 32.9 Å². The number of rotatable bonds is 5. The molecule has 1 aromatic heterocycles. The molecule has 36 heavy (non-hydrogen) atoms. The summed E-state index contributed by atoms with van der Waals surface area (Å²) in [5.74, 6) is -0.676. The van der Waals surface area contributed by atoms with Gasteiger partial charge in [0.15, 0.2) is 0 Å². The lowest BCUT2D eigenvalue weighted by Crippen LogP contribution is -2.13. The fourth-order valence-corrected chi connectivity index (χ4v) is 6.22. The molecule has 0 atom stereocenters. The minimum Gasteiger partial charge on any atom is -0.465 e. The van der Waals surface area contributed by atoms with Crippen molar-refractivity contribution in [2.75, 3.05) is 7.11 Å². The zero-order valence-electron chi connectivity index (χ0n) is 19.3. The summed E-state index contributed by atoms with van der Waals surface area (Å²) in [6.07, 6.45) is 0. The third kappa shape index (κ3) is 3.44. The van der Waals surface area contributed by atoms with E-state index in [0.29, 0.717) is 27.4 Å². The summed E-state index contributed by atoms with van der Waals surface area (Å²) in [6, 6.07) is 22.6. The van der Waals surface area contributed by atoms with Gasteiger partial charge in [0.05, 0.1) is 39.1 Å². The predicted octanol–water partition coefficient (Wildman–Crippen LogP) is 5.70. The maximum absolute atomic E-state index is 13.9. The zero-order valence-corrected chi connectivity index (χ0v) is 20.2. The maximum Gasteiger partial charge on any atom is 0.338 e. The van der Waals surface area contributed by atoms with Crippen LogP contribution in [0.5, 0.6) is 0 Å². The molecule has 5 aromatic rings. The molecule has 0 aliphatic carbocycles. The van der Waals surface area contributed by atoms with E-state index in [2.05, 4.69) is 0 Å². The minimum absolute atomic E-state index is 0.0922. The Labute approximate surface area is 206 Å². The summed E-state index contributed by atoms with van der Waals surface area (Å²) in [5.41, 5.74) is 1.52.